The van der Waals surface area contributed by atoms with Crippen molar-refractivity contribution in [1.82, 2.24) is 9.80 Å². The molecule has 4 nitrogen and oxygen atoms in total. The van der Waals surface area contributed by atoms with Gasteiger partial charge in [-0.3, -0.25) is 9.59 Å². The fourth-order valence-corrected chi connectivity index (χ4v) is 1.50. The zero-order valence-corrected chi connectivity index (χ0v) is 10.5. The van der Waals surface area contributed by atoms with E-state index in [9.17, 15) is 9.59 Å². The molecule has 82 valence electrons. The molecule has 0 bridgehead atoms. The van der Waals surface area contributed by atoms with Gasteiger partial charge >= 0.3 is 0 Å². The largest absolute Gasteiger partial charge is 0.342 e. The van der Waals surface area contributed by atoms with Gasteiger partial charge in [-0.15, -0.1) is 0 Å². The van der Waals surface area contributed by atoms with Crippen LogP contribution in [0.25, 0.3) is 0 Å². The predicted molar refractivity (Wildman–Crippen MR) is 59.4 cm³/mol. The lowest BCUT2D eigenvalue weighted by molar-refractivity contribution is -0.137. The van der Waals surface area contributed by atoms with Crippen molar-refractivity contribution in [1.29, 1.82) is 0 Å². The number of amides is 2. The van der Waals surface area contributed by atoms with Crippen molar-refractivity contribution in [2.75, 3.05) is 32.0 Å². The zero-order valence-electron chi connectivity index (χ0n) is 8.92. The van der Waals surface area contributed by atoms with E-state index in [-0.39, 0.29) is 23.7 Å². The summed E-state index contributed by atoms with van der Waals surface area (Å²) in [5.74, 6) is -0.0858. The Morgan fingerprint density at radius 3 is 2.00 bits per heavy atom. The van der Waals surface area contributed by atoms with Crippen molar-refractivity contribution in [3.05, 3.63) is 0 Å². The molecular weight excluding hydrogens is 248 g/mol. The molecule has 0 radical (unpaired) electrons. The van der Waals surface area contributed by atoms with Crippen LogP contribution in [0, 0.1) is 0 Å². The van der Waals surface area contributed by atoms with E-state index in [0.29, 0.717) is 13.1 Å². The van der Waals surface area contributed by atoms with Crippen LogP contribution in [0.1, 0.15) is 13.8 Å². The van der Waals surface area contributed by atoms with Gasteiger partial charge in [-0.2, -0.15) is 0 Å². The third kappa shape index (κ3) is 4.09. The van der Waals surface area contributed by atoms with Gasteiger partial charge in [-0.25, -0.2) is 0 Å². The molecule has 0 N–H and O–H groups in total. The molecule has 0 aromatic heterocycles. The number of hydrogen-bond donors (Lipinski definition) is 0. The average Bonchev–Trinajstić information content (AvgIpc) is 2.18. The Hall–Kier alpha value is -0.580. The molecule has 0 heterocycles. The van der Waals surface area contributed by atoms with E-state index in [1.54, 1.807) is 11.9 Å². The molecule has 0 aromatic rings. The second-order valence-electron chi connectivity index (χ2n) is 2.95. The van der Waals surface area contributed by atoms with Gasteiger partial charge in [-0.1, -0.05) is 15.9 Å². The lowest BCUT2D eigenvalue weighted by Gasteiger charge is -2.22. The first-order valence-corrected chi connectivity index (χ1v) is 5.76. The first-order chi connectivity index (χ1) is 6.56. The van der Waals surface area contributed by atoms with E-state index in [1.807, 2.05) is 13.8 Å². The van der Waals surface area contributed by atoms with Crippen molar-refractivity contribution in [2.24, 2.45) is 0 Å². The number of halogens is 1. The highest BCUT2D eigenvalue weighted by molar-refractivity contribution is 9.09. The second kappa shape index (κ2) is 6.81. The molecule has 14 heavy (non-hydrogen) atoms. The molecule has 0 aromatic carbocycles. The maximum Gasteiger partial charge on any atom is 0.242 e. The fraction of sp³-hybridized carbons (Fsp3) is 0.778. The molecule has 0 rings (SSSR count). The maximum absolute atomic E-state index is 11.6. The molecule has 0 saturated heterocycles. The van der Waals surface area contributed by atoms with Gasteiger partial charge in [0.2, 0.25) is 11.8 Å². The standard InChI is InChI=1S/C9H17BrN2O2/c1-4-12(5-2)9(14)7-11(3)8(13)6-10/h4-7H2,1-3H3. The molecule has 0 atom stereocenters. The molecule has 0 aliphatic rings. The van der Waals surface area contributed by atoms with E-state index >= 15 is 0 Å². The van der Waals surface area contributed by atoms with Gasteiger partial charge in [0.1, 0.15) is 0 Å². The van der Waals surface area contributed by atoms with Crippen molar-refractivity contribution in [3.63, 3.8) is 0 Å². The third-order valence-corrected chi connectivity index (χ3v) is 2.51. The molecule has 0 unspecified atom stereocenters. The highest BCUT2D eigenvalue weighted by atomic mass is 79.9. The fourth-order valence-electron chi connectivity index (χ4n) is 1.07. The van der Waals surface area contributed by atoms with E-state index in [1.165, 1.54) is 4.90 Å². The van der Waals surface area contributed by atoms with Crippen LogP contribution >= 0.6 is 15.9 Å². The van der Waals surface area contributed by atoms with E-state index < -0.39 is 0 Å². The number of rotatable bonds is 5. The van der Waals surface area contributed by atoms with Crippen LogP contribution < -0.4 is 0 Å². The number of hydrogen-bond acceptors (Lipinski definition) is 2. The van der Waals surface area contributed by atoms with Gasteiger partial charge in [0.25, 0.3) is 0 Å². The van der Waals surface area contributed by atoms with Gasteiger partial charge < -0.3 is 9.80 Å². The van der Waals surface area contributed by atoms with Gasteiger partial charge in [0.05, 0.1) is 11.9 Å². The number of alkyl halides is 1. The topological polar surface area (TPSA) is 40.6 Å². The minimum absolute atomic E-state index is 0.00759. The Bertz CT molecular complexity index is 205. The van der Waals surface area contributed by atoms with Crippen molar-refractivity contribution < 1.29 is 9.59 Å². The smallest absolute Gasteiger partial charge is 0.242 e. The normalized spacial score (nSPS) is 9.71. The molecule has 0 aliphatic carbocycles. The summed E-state index contributed by atoms with van der Waals surface area (Å²) < 4.78 is 0. The number of likely N-dealkylation sites (N-methyl/N-ethyl adjacent to an activating group) is 2. The summed E-state index contributed by atoms with van der Waals surface area (Å²) in [4.78, 5) is 25.8. The summed E-state index contributed by atoms with van der Waals surface area (Å²) in [6.45, 7) is 5.38. The summed E-state index contributed by atoms with van der Waals surface area (Å²) in [5, 5.41) is 0.259. The van der Waals surface area contributed by atoms with Crippen molar-refractivity contribution in [2.45, 2.75) is 13.8 Å². The first-order valence-electron chi connectivity index (χ1n) is 4.64. The molecule has 5 heteroatoms. The quantitative estimate of drug-likeness (QED) is 0.687. The molecule has 0 fully saturated rings. The van der Waals surface area contributed by atoms with E-state index in [2.05, 4.69) is 15.9 Å². The van der Waals surface area contributed by atoms with Crippen LogP contribution in [-0.2, 0) is 9.59 Å². The monoisotopic (exact) mass is 264 g/mol. The van der Waals surface area contributed by atoms with E-state index in [4.69, 9.17) is 0 Å². The minimum Gasteiger partial charge on any atom is -0.342 e. The summed E-state index contributed by atoms with van der Waals surface area (Å²) in [6, 6.07) is 0. The summed E-state index contributed by atoms with van der Waals surface area (Å²) >= 11 is 3.06. The number of carbonyl (C=O) groups is 2. The lowest BCUT2D eigenvalue weighted by atomic mass is 10.4. The molecule has 0 spiro atoms. The van der Waals surface area contributed by atoms with Crippen LogP contribution in [-0.4, -0.2) is 53.6 Å². The Morgan fingerprint density at radius 2 is 1.64 bits per heavy atom. The van der Waals surface area contributed by atoms with Gasteiger partial charge in [0, 0.05) is 20.1 Å². The van der Waals surface area contributed by atoms with Crippen LogP contribution in [0.2, 0.25) is 0 Å². The third-order valence-electron chi connectivity index (χ3n) is 2.03. The molecule has 2 amide bonds. The van der Waals surface area contributed by atoms with Crippen LogP contribution in [0.15, 0.2) is 0 Å². The van der Waals surface area contributed by atoms with Crippen LogP contribution in [0.5, 0.6) is 0 Å². The highest BCUT2D eigenvalue weighted by Crippen LogP contribution is 1.94. The van der Waals surface area contributed by atoms with Gasteiger partial charge in [-0.05, 0) is 13.8 Å². The van der Waals surface area contributed by atoms with E-state index in [0.717, 1.165) is 0 Å². The highest BCUT2D eigenvalue weighted by Gasteiger charge is 2.15. The maximum atomic E-state index is 11.6. The Kier molecular flexibility index (Phi) is 6.53. The number of carbonyl (C=O) groups excluding carboxylic acids is 2. The molecule has 0 saturated carbocycles. The second-order valence-corrected chi connectivity index (χ2v) is 3.51. The summed E-state index contributed by atoms with van der Waals surface area (Å²) in [7, 11) is 1.63. The Labute approximate surface area is 93.4 Å². The molecular formula is C9H17BrN2O2. The SMILES string of the molecule is CCN(CC)C(=O)CN(C)C(=O)CBr. The number of nitrogens with zero attached hydrogens (tertiary/aromatic N) is 2. The lowest BCUT2D eigenvalue weighted by Crippen LogP contribution is -2.41. The van der Waals surface area contributed by atoms with Gasteiger partial charge in [0.15, 0.2) is 0 Å². The van der Waals surface area contributed by atoms with Crippen LogP contribution in [0.3, 0.4) is 0 Å². The Morgan fingerprint density at radius 1 is 1.14 bits per heavy atom. The van der Waals surface area contributed by atoms with Crippen molar-refractivity contribution >= 4 is 27.7 Å². The van der Waals surface area contributed by atoms with Crippen molar-refractivity contribution in [3.8, 4) is 0 Å². The predicted octanol–water partition coefficient (Wildman–Crippen LogP) is 0.708. The molecule has 0 aliphatic heterocycles. The minimum atomic E-state index is -0.0782. The average molecular weight is 265 g/mol. The summed E-state index contributed by atoms with van der Waals surface area (Å²) in [6.07, 6.45) is 0. The first kappa shape index (κ1) is 13.4. The zero-order chi connectivity index (χ0) is 11.1. The Balaban J connectivity index is 4.10. The summed E-state index contributed by atoms with van der Waals surface area (Å²) in [5.41, 5.74) is 0. The van der Waals surface area contributed by atoms with Crippen LogP contribution in [0.4, 0.5) is 0 Å².